The maximum Gasteiger partial charge on any atom is 0.453 e. The topological polar surface area (TPSA) is 69.4 Å². The molecule has 0 bridgehead atoms. The number of oxime groups is 1. The van der Waals surface area contributed by atoms with Crippen molar-refractivity contribution in [2.45, 2.75) is 36.5 Å². The van der Waals surface area contributed by atoms with Crippen LogP contribution < -0.4 is 0 Å². The molecule has 6 nitrogen and oxygen atoms in total. The van der Waals surface area contributed by atoms with Crippen LogP contribution in [0.15, 0.2) is 5.16 Å². The number of aromatic nitrogens is 3. The Bertz CT molecular complexity index is 656. The molecule has 1 aromatic heterocycles. The predicted octanol–water partition coefficient (Wildman–Crippen LogP) is 2.41. The maximum absolute atomic E-state index is 14.6. The maximum atomic E-state index is 14.6. The first-order chi connectivity index (χ1) is 9.84. The Morgan fingerprint density at radius 1 is 1.36 bits per heavy atom. The Hall–Kier alpha value is -1.23. The van der Waals surface area contributed by atoms with Gasteiger partial charge in [0.15, 0.2) is 10.9 Å². The van der Waals surface area contributed by atoms with Gasteiger partial charge in [0.25, 0.3) is 5.82 Å². The van der Waals surface area contributed by atoms with Crippen molar-refractivity contribution in [2.75, 3.05) is 0 Å². The number of hydrogen-bond acceptors (Lipinski definition) is 5. The lowest BCUT2D eigenvalue weighted by molar-refractivity contribution is -0.145. The smallest absolute Gasteiger partial charge is 0.389 e. The van der Waals surface area contributed by atoms with E-state index in [4.69, 9.17) is 16.4 Å². The summed E-state index contributed by atoms with van der Waals surface area (Å²) < 4.78 is 61.7. The SMILES string of the molecule is Cn1nc(C(F)(F)F)nc1C(F)(Cl)S(=O)C1=NOC(C)(C)C1. The fourth-order valence-electron chi connectivity index (χ4n) is 1.69. The van der Waals surface area contributed by atoms with Gasteiger partial charge in [-0.15, -0.1) is 5.10 Å². The van der Waals surface area contributed by atoms with Gasteiger partial charge in [-0.2, -0.15) is 13.2 Å². The zero-order valence-electron chi connectivity index (χ0n) is 11.6. The van der Waals surface area contributed by atoms with E-state index in [9.17, 15) is 21.8 Å². The molecule has 0 radical (unpaired) electrons. The van der Waals surface area contributed by atoms with Crippen molar-refractivity contribution in [1.82, 2.24) is 14.8 Å². The van der Waals surface area contributed by atoms with Crippen molar-refractivity contribution in [1.29, 1.82) is 0 Å². The van der Waals surface area contributed by atoms with Crippen LogP contribution in [0.5, 0.6) is 0 Å². The van der Waals surface area contributed by atoms with Crippen LogP contribution in [0.2, 0.25) is 0 Å². The first kappa shape index (κ1) is 17.1. The summed E-state index contributed by atoms with van der Waals surface area (Å²) in [6, 6.07) is 0. The standard InChI is InChI=1S/C10H11ClF4N4O2S/c1-8(2)4-5(18-21-8)22(20)9(11,12)7-16-6(10(13,14)15)17-19(7)3/h4H2,1-3H3. The largest absolute Gasteiger partial charge is 0.453 e. The minimum absolute atomic E-state index is 0.0159. The Balaban J connectivity index is 2.35. The van der Waals surface area contributed by atoms with Crippen LogP contribution in [-0.2, 0) is 33.3 Å². The molecule has 2 atom stereocenters. The molecule has 0 amide bonds. The van der Waals surface area contributed by atoms with Crippen LogP contribution in [0.25, 0.3) is 0 Å². The fraction of sp³-hybridized carbons (Fsp3) is 0.700. The Labute approximate surface area is 129 Å². The predicted molar refractivity (Wildman–Crippen MR) is 70.0 cm³/mol. The van der Waals surface area contributed by atoms with Crippen LogP contribution in [0.4, 0.5) is 17.6 Å². The molecule has 0 N–H and O–H groups in total. The Kier molecular flexibility index (Phi) is 4.01. The van der Waals surface area contributed by atoms with Gasteiger partial charge in [-0.25, -0.2) is 18.3 Å². The highest BCUT2D eigenvalue weighted by atomic mass is 35.5. The molecule has 0 aliphatic carbocycles. The third-order valence-electron chi connectivity index (χ3n) is 2.70. The molecule has 0 spiro atoms. The molecule has 2 unspecified atom stereocenters. The van der Waals surface area contributed by atoms with Gasteiger partial charge in [-0.05, 0) is 13.8 Å². The van der Waals surface area contributed by atoms with Crippen LogP contribution in [0.1, 0.15) is 31.9 Å². The second kappa shape index (κ2) is 5.15. The molecule has 0 saturated heterocycles. The summed E-state index contributed by atoms with van der Waals surface area (Å²) in [6.45, 7) is 3.25. The van der Waals surface area contributed by atoms with E-state index in [-0.39, 0.29) is 11.5 Å². The molecule has 0 fully saturated rings. The average molecular weight is 363 g/mol. The first-order valence-electron chi connectivity index (χ1n) is 5.88. The van der Waals surface area contributed by atoms with E-state index in [1.54, 1.807) is 13.8 Å². The van der Waals surface area contributed by atoms with E-state index in [0.29, 0.717) is 4.68 Å². The molecule has 2 heterocycles. The van der Waals surface area contributed by atoms with E-state index in [0.717, 1.165) is 7.05 Å². The van der Waals surface area contributed by atoms with Crippen LogP contribution in [0, 0.1) is 0 Å². The highest BCUT2D eigenvalue weighted by molar-refractivity contribution is 8.02. The second-order valence-electron chi connectivity index (χ2n) is 5.18. The van der Waals surface area contributed by atoms with Gasteiger partial charge in [0.05, 0.1) is 0 Å². The van der Waals surface area contributed by atoms with Crippen molar-refractivity contribution in [2.24, 2.45) is 12.2 Å². The number of halogens is 5. The van der Waals surface area contributed by atoms with Crippen LogP contribution in [0.3, 0.4) is 0 Å². The van der Waals surface area contributed by atoms with Crippen LogP contribution >= 0.6 is 11.6 Å². The highest BCUT2D eigenvalue weighted by Gasteiger charge is 2.49. The minimum atomic E-state index is -4.87. The first-order valence-corrected chi connectivity index (χ1v) is 7.41. The minimum Gasteiger partial charge on any atom is -0.389 e. The van der Waals surface area contributed by atoms with Crippen molar-refractivity contribution in [3.63, 3.8) is 0 Å². The summed E-state index contributed by atoms with van der Waals surface area (Å²) in [5.41, 5.74) is -0.797. The Morgan fingerprint density at radius 2 is 1.95 bits per heavy atom. The van der Waals surface area contributed by atoms with Gasteiger partial charge >= 0.3 is 10.6 Å². The number of alkyl halides is 5. The van der Waals surface area contributed by atoms with E-state index in [1.807, 2.05) is 0 Å². The lowest BCUT2D eigenvalue weighted by Gasteiger charge is -2.16. The lowest BCUT2D eigenvalue weighted by atomic mass is 10.1. The number of nitrogens with zero attached hydrogens (tertiary/aromatic N) is 4. The summed E-state index contributed by atoms with van der Waals surface area (Å²) in [5, 5.41) is 6.30. The molecule has 1 aliphatic rings. The van der Waals surface area contributed by atoms with Crippen molar-refractivity contribution in [3.05, 3.63) is 11.6 Å². The zero-order valence-corrected chi connectivity index (χ0v) is 13.2. The summed E-state index contributed by atoms with van der Waals surface area (Å²) in [7, 11) is -1.58. The molecule has 124 valence electrons. The van der Waals surface area contributed by atoms with Gasteiger partial charge in [0.1, 0.15) is 16.4 Å². The quantitative estimate of drug-likeness (QED) is 0.598. The van der Waals surface area contributed by atoms with Crippen LogP contribution in [-0.4, -0.2) is 29.6 Å². The highest BCUT2D eigenvalue weighted by Crippen LogP contribution is 2.38. The normalized spacial score (nSPS) is 21.9. The zero-order chi connectivity index (χ0) is 16.9. The van der Waals surface area contributed by atoms with Gasteiger partial charge in [0, 0.05) is 13.5 Å². The number of rotatable bonds is 2. The number of aryl methyl sites for hydroxylation is 1. The van der Waals surface area contributed by atoms with Gasteiger partial charge in [-0.1, -0.05) is 16.8 Å². The Morgan fingerprint density at radius 3 is 2.36 bits per heavy atom. The molecular formula is C10H11ClF4N4O2S. The second-order valence-corrected chi connectivity index (χ2v) is 7.49. The van der Waals surface area contributed by atoms with E-state index in [1.165, 1.54) is 0 Å². The van der Waals surface area contributed by atoms with E-state index >= 15 is 0 Å². The molecule has 12 heteroatoms. The molecular weight excluding hydrogens is 352 g/mol. The van der Waals surface area contributed by atoms with Crippen molar-refractivity contribution < 1.29 is 26.6 Å². The number of hydrogen-bond donors (Lipinski definition) is 0. The van der Waals surface area contributed by atoms with Crippen molar-refractivity contribution in [3.8, 4) is 0 Å². The third-order valence-corrected chi connectivity index (χ3v) is 4.58. The summed E-state index contributed by atoms with van der Waals surface area (Å²) in [5.74, 6) is -2.50. The third kappa shape index (κ3) is 3.09. The van der Waals surface area contributed by atoms with E-state index in [2.05, 4.69) is 15.2 Å². The molecule has 2 rings (SSSR count). The van der Waals surface area contributed by atoms with Crippen molar-refractivity contribution >= 4 is 27.4 Å². The molecule has 0 saturated carbocycles. The lowest BCUT2D eigenvalue weighted by Crippen LogP contribution is -2.30. The fourth-order valence-corrected chi connectivity index (χ4v) is 3.35. The molecule has 22 heavy (non-hydrogen) atoms. The van der Waals surface area contributed by atoms with Gasteiger partial charge < -0.3 is 4.84 Å². The van der Waals surface area contributed by atoms with Gasteiger partial charge in [0.2, 0.25) is 0 Å². The molecule has 1 aromatic rings. The average Bonchev–Trinajstić information content (AvgIpc) is 2.91. The molecule has 1 aliphatic heterocycles. The summed E-state index contributed by atoms with van der Waals surface area (Å²) >= 11 is 5.56. The van der Waals surface area contributed by atoms with Gasteiger partial charge in [-0.3, -0.25) is 0 Å². The summed E-state index contributed by atoms with van der Waals surface area (Å²) in [4.78, 5) is 7.95. The summed E-state index contributed by atoms with van der Waals surface area (Å²) in [6.07, 6.45) is -4.86. The monoisotopic (exact) mass is 362 g/mol. The molecule has 0 aromatic carbocycles. The van der Waals surface area contributed by atoms with E-state index < -0.39 is 38.7 Å².